The molecule has 0 fully saturated rings. The first-order chi connectivity index (χ1) is 15.6. The Balaban J connectivity index is 1.86. The average molecular weight is 483 g/mol. The molecular weight excluding hydrogens is 460 g/mol. The van der Waals surface area contributed by atoms with Crippen molar-refractivity contribution in [2.24, 2.45) is 0 Å². The van der Waals surface area contributed by atoms with Crippen LogP contribution in [0.5, 0.6) is 0 Å². The molecule has 2 aromatic heterocycles. The van der Waals surface area contributed by atoms with E-state index in [9.17, 15) is 18.3 Å². The fourth-order valence-electron chi connectivity index (χ4n) is 3.94. The number of aromatic carboxylic acids is 1. The van der Waals surface area contributed by atoms with Crippen molar-refractivity contribution in [3.8, 4) is 0 Å². The maximum Gasteiger partial charge on any atom is 0.335 e. The number of pyridine rings is 1. The number of halogens is 1. The predicted octanol–water partition coefficient (Wildman–Crippen LogP) is 5.65. The van der Waals surface area contributed by atoms with Gasteiger partial charge in [-0.05, 0) is 59.9 Å². The molecule has 6 nitrogen and oxygen atoms in total. The number of hydrogen-bond acceptors (Lipinski definition) is 4. The van der Waals surface area contributed by atoms with Crippen molar-refractivity contribution in [1.29, 1.82) is 0 Å². The van der Waals surface area contributed by atoms with E-state index in [0.29, 0.717) is 22.2 Å². The third-order valence-corrected chi connectivity index (χ3v) is 7.66. The van der Waals surface area contributed by atoms with E-state index >= 15 is 0 Å². The van der Waals surface area contributed by atoms with Gasteiger partial charge in [-0.1, -0.05) is 49.7 Å². The molecule has 0 atom stereocenters. The third-order valence-electron chi connectivity index (χ3n) is 5.67. The van der Waals surface area contributed by atoms with Crippen LogP contribution in [0.1, 0.15) is 52.5 Å². The minimum absolute atomic E-state index is 0.179. The van der Waals surface area contributed by atoms with Gasteiger partial charge in [0.25, 0.3) is 10.0 Å². The minimum Gasteiger partial charge on any atom is -0.478 e. The Hall–Kier alpha value is -3.16. The van der Waals surface area contributed by atoms with E-state index in [1.165, 1.54) is 16.2 Å². The molecule has 0 saturated carbocycles. The SMILES string of the molecule is Cc1cc(Cc2cc3cc(Cl)ncc3n2S(=O)(=O)c2ccc(C(C)C)cc2)ccc1C(=O)O. The minimum atomic E-state index is -3.92. The number of benzene rings is 2. The Morgan fingerprint density at radius 2 is 1.79 bits per heavy atom. The van der Waals surface area contributed by atoms with Crippen LogP contribution in [-0.4, -0.2) is 28.5 Å². The molecule has 8 heteroatoms. The van der Waals surface area contributed by atoms with Gasteiger partial charge in [0, 0.05) is 17.5 Å². The quantitative estimate of drug-likeness (QED) is 0.359. The molecule has 4 aromatic rings. The highest BCUT2D eigenvalue weighted by Gasteiger charge is 2.24. The van der Waals surface area contributed by atoms with Crippen LogP contribution in [0.3, 0.4) is 0 Å². The van der Waals surface area contributed by atoms with E-state index in [4.69, 9.17) is 11.6 Å². The number of aromatic nitrogens is 2. The molecule has 4 rings (SSSR count). The van der Waals surface area contributed by atoms with Crippen LogP contribution < -0.4 is 0 Å². The zero-order chi connectivity index (χ0) is 23.9. The van der Waals surface area contributed by atoms with E-state index in [0.717, 1.165) is 11.1 Å². The van der Waals surface area contributed by atoms with Gasteiger partial charge in [0.05, 0.1) is 22.2 Å². The lowest BCUT2D eigenvalue weighted by Gasteiger charge is -2.14. The normalized spacial score (nSPS) is 11.9. The van der Waals surface area contributed by atoms with Gasteiger partial charge in [0.2, 0.25) is 0 Å². The standard InChI is InChI=1S/C25H23ClN2O4S/c1-15(2)18-5-7-21(8-6-18)33(31,32)28-20(12-19-13-24(26)27-14-23(19)28)11-17-4-9-22(25(29)30)16(3)10-17/h4-10,12-15H,11H2,1-3H3,(H,29,30). The second-order valence-electron chi connectivity index (χ2n) is 8.33. The smallest absolute Gasteiger partial charge is 0.335 e. The molecule has 0 aliphatic carbocycles. The predicted molar refractivity (Wildman–Crippen MR) is 129 cm³/mol. The van der Waals surface area contributed by atoms with Crippen molar-refractivity contribution in [3.05, 3.63) is 93.9 Å². The number of rotatable bonds is 6. The van der Waals surface area contributed by atoms with E-state index < -0.39 is 16.0 Å². The highest BCUT2D eigenvalue weighted by Crippen LogP contribution is 2.29. The second-order valence-corrected chi connectivity index (χ2v) is 10.5. The van der Waals surface area contributed by atoms with E-state index in [2.05, 4.69) is 4.98 Å². The van der Waals surface area contributed by atoms with Gasteiger partial charge in [0.15, 0.2) is 0 Å². The third kappa shape index (κ3) is 4.38. The number of hydrogen-bond donors (Lipinski definition) is 1. The van der Waals surface area contributed by atoms with Gasteiger partial charge in [-0.25, -0.2) is 22.2 Å². The first kappa shape index (κ1) is 23.0. The summed E-state index contributed by atoms with van der Waals surface area (Å²) in [6, 6.07) is 15.3. The molecule has 0 saturated heterocycles. The molecule has 0 amide bonds. The Bertz CT molecular complexity index is 1470. The number of aryl methyl sites for hydroxylation is 1. The molecule has 1 N–H and O–H groups in total. The van der Waals surface area contributed by atoms with Crippen molar-refractivity contribution < 1.29 is 18.3 Å². The van der Waals surface area contributed by atoms with Crippen LogP contribution in [0.25, 0.3) is 10.9 Å². The molecule has 170 valence electrons. The van der Waals surface area contributed by atoms with Crippen LogP contribution >= 0.6 is 11.6 Å². The lowest BCUT2D eigenvalue weighted by Crippen LogP contribution is -2.16. The summed E-state index contributed by atoms with van der Waals surface area (Å²) < 4.78 is 28.7. The van der Waals surface area contributed by atoms with E-state index in [1.54, 1.807) is 43.3 Å². The molecule has 0 radical (unpaired) electrons. The first-order valence-electron chi connectivity index (χ1n) is 10.4. The highest BCUT2D eigenvalue weighted by molar-refractivity contribution is 7.90. The number of nitrogens with zero attached hydrogens (tertiary/aromatic N) is 2. The average Bonchev–Trinajstić information content (AvgIpc) is 3.11. The summed E-state index contributed by atoms with van der Waals surface area (Å²) in [5, 5.41) is 10.2. The van der Waals surface area contributed by atoms with Crippen molar-refractivity contribution in [2.45, 2.75) is 38.0 Å². The number of fused-ring (bicyclic) bond motifs is 1. The topological polar surface area (TPSA) is 89.3 Å². The van der Waals surface area contributed by atoms with Gasteiger partial charge in [-0.15, -0.1) is 0 Å². The molecule has 2 heterocycles. The van der Waals surface area contributed by atoms with Crippen molar-refractivity contribution in [2.75, 3.05) is 0 Å². The summed E-state index contributed by atoms with van der Waals surface area (Å²) in [6.45, 7) is 5.82. The lowest BCUT2D eigenvalue weighted by atomic mass is 10.0. The molecule has 0 aliphatic rings. The van der Waals surface area contributed by atoms with Gasteiger partial charge in [-0.3, -0.25) is 0 Å². The number of carbonyl (C=O) groups is 1. The summed E-state index contributed by atoms with van der Waals surface area (Å²) in [6.07, 6.45) is 1.75. The lowest BCUT2D eigenvalue weighted by molar-refractivity contribution is 0.0696. The van der Waals surface area contributed by atoms with Gasteiger partial charge in [0.1, 0.15) is 5.15 Å². The van der Waals surface area contributed by atoms with Crippen molar-refractivity contribution in [1.82, 2.24) is 8.96 Å². The Kier molecular flexibility index (Phi) is 6.03. The Morgan fingerprint density at radius 3 is 2.39 bits per heavy atom. The monoisotopic (exact) mass is 482 g/mol. The Morgan fingerprint density at radius 1 is 1.09 bits per heavy atom. The Labute approximate surface area is 197 Å². The number of carboxylic acid groups (broad SMARTS) is 1. The van der Waals surface area contributed by atoms with Crippen LogP contribution in [0.4, 0.5) is 0 Å². The fourth-order valence-corrected chi connectivity index (χ4v) is 5.63. The molecular formula is C25H23ClN2O4S. The molecule has 33 heavy (non-hydrogen) atoms. The summed E-state index contributed by atoms with van der Waals surface area (Å²) in [5.41, 5.74) is 3.64. The van der Waals surface area contributed by atoms with Crippen LogP contribution in [0, 0.1) is 6.92 Å². The largest absolute Gasteiger partial charge is 0.478 e. The van der Waals surface area contributed by atoms with E-state index in [1.807, 2.05) is 26.0 Å². The number of carboxylic acids is 1. The zero-order valence-corrected chi connectivity index (χ0v) is 20.0. The van der Waals surface area contributed by atoms with Crippen LogP contribution in [-0.2, 0) is 16.4 Å². The molecule has 2 aromatic carbocycles. The van der Waals surface area contributed by atoms with E-state index in [-0.39, 0.29) is 28.0 Å². The molecule has 0 aliphatic heterocycles. The van der Waals surface area contributed by atoms with Crippen molar-refractivity contribution >= 4 is 38.5 Å². The highest BCUT2D eigenvalue weighted by atomic mass is 35.5. The first-order valence-corrected chi connectivity index (χ1v) is 12.2. The molecule has 0 spiro atoms. The fraction of sp³-hybridized carbons (Fsp3) is 0.200. The summed E-state index contributed by atoms with van der Waals surface area (Å²) in [4.78, 5) is 15.6. The maximum absolute atomic E-state index is 13.7. The summed E-state index contributed by atoms with van der Waals surface area (Å²) in [7, 11) is -3.92. The van der Waals surface area contributed by atoms with Crippen LogP contribution in [0.15, 0.2) is 65.7 Å². The maximum atomic E-state index is 13.7. The van der Waals surface area contributed by atoms with Gasteiger partial charge < -0.3 is 5.11 Å². The molecule has 0 bridgehead atoms. The van der Waals surface area contributed by atoms with Gasteiger partial charge in [-0.2, -0.15) is 0 Å². The van der Waals surface area contributed by atoms with Crippen LogP contribution in [0.2, 0.25) is 5.15 Å². The summed E-state index contributed by atoms with van der Waals surface area (Å²) in [5.74, 6) is -0.714. The summed E-state index contributed by atoms with van der Waals surface area (Å²) >= 11 is 6.06. The van der Waals surface area contributed by atoms with Crippen molar-refractivity contribution in [3.63, 3.8) is 0 Å². The molecule has 0 unspecified atom stereocenters. The zero-order valence-electron chi connectivity index (χ0n) is 18.4. The van der Waals surface area contributed by atoms with Gasteiger partial charge >= 0.3 is 5.97 Å². The second kappa shape index (κ2) is 8.65.